The van der Waals surface area contributed by atoms with E-state index >= 15 is 0 Å². The molecule has 2 aromatic rings. The molecule has 0 aliphatic rings. The van der Waals surface area contributed by atoms with Crippen molar-refractivity contribution in [1.82, 2.24) is 10.9 Å². The zero-order chi connectivity index (χ0) is 15.2. The maximum absolute atomic E-state index is 11.4. The van der Waals surface area contributed by atoms with Gasteiger partial charge in [0.05, 0.1) is 0 Å². The number of hydrogen-bond donors (Lipinski definition) is 2. The van der Waals surface area contributed by atoms with Gasteiger partial charge in [0, 0.05) is 33.3 Å². The van der Waals surface area contributed by atoms with E-state index in [9.17, 15) is 9.59 Å². The van der Waals surface area contributed by atoms with Gasteiger partial charge in [-0.2, -0.15) is 0 Å². The van der Waals surface area contributed by atoms with E-state index in [4.69, 9.17) is 11.6 Å². The summed E-state index contributed by atoms with van der Waals surface area (Å²) in [7, 11) is 0. The van der Waals surface area contributed by atoms with E-state index in [2.05, 4.69) is 10.9 Å². The summed E-state index contributed by atoms with van der Waals surface area (Å²) in [6.45, 7) is 1.32. The van der Waals surface area contributed by atoms with Crippen LogP contribution in [0.4, 0.5) is 0 Å². The number of carbonyl (C=O) groups is 2. The summed E-state index contributed by atoms with van der Waals surface area (Å²) in [5.74, 6) is -0.716. The fourth-order valence-corrected chi connectivity index (χ4v) is 2.84. The van der Waals surface area contributed by atoms with Gasteiger partial charge in [-0.1, -0.05) is 29.8 Å². The number of halogens is 1. The number of hydrogen-bond acceptors (Lipinski definition) is 3. The molecule has 2 amide bonds. The van der Waals surface area contributed by atoms with E-state index in [0.29, 0.717) is 5.02 Å². The summed E-state index contributed by atoms with van der Waals surface area (Å²) in [4.78, 5) is 24.0. The van der Waals surface area contributed by atoms with Crippen LogP contribution in [-0.4, -0.2) is 11.8 Å². The fourth-order valence-electron chi connectivity index (χ4n) is 1.60. The normalized spacial score (nSPS) is 10.6. The van der Waals surface area contributed by atoms with E-state index in [1.54, 1.807) is 6.08 Å². The Balaban J connectivity index is 2.05. The predicted molar refractivity (Wildman–Crippen MR) is 85.8 cm³/mol. The van der Waals surface area contributed by atoms with Crippen molar-refractivity contribution in [3.8, 4) is 10.4 Å². The quantitative estimate of drug-likeness (QED) is 0.673. The van der Waals surface area contributed by atoms with Gasteiger partial charge in [-0.3, -0.25) is 20.4 Å². The highest BCUT2D eigenvalue weighted by Gasteiger charge is 2.05. The van der Waals surface area contributed by atoms with Crippen LogP contribution in [0.25, 0.3) is 16.5 Å². The lowest BCUT2D eigenvalue weighted by Gasteiger charge is -2.00. The van der Waals surface area contributed by atoms with Crippen LogP contribution < -0.4 is 10.9 Å². The Kier molecular flexibility index (Phi) is 5.14. The van der Waals surface area contributed by atoms with Gasteiger partial charge in [-0.25, -0.2) is 0 Å². The van der Waals surface area contributed by atoms with Crippen LogP contribution in [0.15, 0.2) is 42.5 Å². The van der Waals surface area contributed by atoms with Crippen molar-refractivity contribution in [2.24, 2.45) is 0 Å². The topological polar surface area (TPSA) is 58.2 Å². The van der Waals surface area contributed by atoms with Crippen LogP contribution in [-0.2, 0) is 9.59 Å². The fraction of sp³-hybridized carbons (Fsp3) is 0.0667. The van der Waals surface area contributed by atoms with Gasteiger partial charge in [0.15, 0.2) is 0 Å². The van der Waals surface area contributed by atoms with Crippen LogP contribution >= 0.6 is 22.9 Å². The molecule has 4 nitrogen and oxygen atoms in total. The number of rotatable bonds is 3. The highest BCUT2D eigenvalue weighted by Crippen LogP contribution is 2.33. The van der Waals surface area contributed by atoms with E-state index in [-0.39, 0.29) is 5.91 Å². The summed E-state index contributed by atoms with van der Waals surface area (Å²) < 4.78 is 0. The van der Waals surface area contributed by atoms with Gasteiger partial charge in [0.25, 0.3) is 5.91 Å². The highest BCUT2D eigenvalue weighted by atomic mass is 35.5. The van der Waals surface area contributed by atoms with Crippen molar-refractivity contribution >= 4 is 40.8 Å². The summed E-state index contributed by atoms with van der Waals surface area (Å²) in [6, 6.07) is 11.5. The maximum atomic E-state index is 11.4. The Bertz CT molecular complexity index is 694. The minimum Gasteiger partial charge on any atom is -0.274 e. The van der Waals surface area contributed by atoms with Gasteiger partial charge >= 0.3 is 0 Å². The molecule has 0 saturated carbocycles. The molecule has 1 aromatic carbocycles. The molecule has 21 heavy (non-hydrogen) atoms. The molecular weight excluding hydrogens is 308 g/mol. The first-order valence-electron chi connectivity index (χ1n) is 6.15. The predicted octanol–water partition coefficient (Wildman–Crippen LogP) is 3.25. The lowest BCUT2D eigenvalue weighted by atomic mass is 10.2. The third-order valence-corrected chi connectivity index (χ3v) is 3.94. The van der Waals surface area contributed by atoms with E-state index in [1.165, 1.54) is 24.3 Å². The molecule has 0 unspecified atom stereocenters. The molecule has 0 aliphatic carbocycles. The molecule has 2 N–H and O–H groups in total. The molecule has 0 spiro atoms. The van der Waals surface area contributed by atoms with Crippen LogP contribution in [0, 0.1) is 0 Å². The lowest BCUT2D eigenvalue weighted by Crippen LogP contribution is -2.39. The Morgan fingerprint density at radius 3 is 2.62 bits per heavy atom. The van der Waals surface area contributed by atoms with Crippen molar-refractivity contribution in [2.75, 3.05) is 0 Å². The minimum absolute atomic E-state index is 0.325. The first-order valence-corrected chi connectivity index (χ1v) is 7.35. The third kappa shape index (κ3) is 4.44. The van der Waals surface area contributed by atoms with Crippen molar-refractivity contribution in [3.63, 3.8) is 0 Å². The Hall–Kier alpha value is -2.11. The summed E-state index contributed by atoms with van der Waals surface area (Å²) in [5, 5.41) is 0.693. The number of amides is 2. The molecule has 1 aromatic heterocycles. The SMILES string of the molecule is CC(=O)NNC(=O)C=Cc1ccc(-c2ccccc2Cl)s1. The molecule has 0 fully saturated rings. The average molecular weight is 321 g/mol. The second-order valence-corrected chi connectivity index (χ2v) is 5.71. The number of thiophene rings is 1. The van der Waals surface area contributed by atoms with Crippen LogP contribution in [0.1, 0.15) is 11.8 Å². The molecule has 0 atom stereocenters. The molecule has 0 aliphatic heterocycles. The zero-order valence-corrected chi connectivity index (χ0v) is 12.8. The maximum Gasteiger partial charge on any atom is 0.262 e. The molecule has 1 heterocycles. The minimum atomic E-state index is -0.391. The molecule has 0 bridgehead atoms. The van der Waals surface area contributed by atoms with Gasteiger partial charge in [-0.05, 0) is 24.3 Å². The van der Waals surface area contributed by atoms with Gasteiger partial charge in [0.2, 0.25) is 5.91 Å². The summed E-state index contributed by atoms with van der Waals surface area (Å²) in [5.41, 5.74) is 5.44. The molecule has 108 valence electrons. The molecule has 0 radical (unpaired) electrons. The molecular formula is C15H13ClN2O2S. The van der Waals surface area contributed by atoms with E-state index < -0.39 is 5.91 Å². The largest absolute Gasteiger partial charge is 0.274 e. The number of benzene rings is 1. The van der Waals surface area contributed by atoms with Crippen LogP contribution in [0.2, 0.25) is 5.02 Å². The van der Waals surface area contributed by atoms with Gasteiger partial charge in [-0.15, -0.1) is 11.3 Å². The van der Waals surface area contributed by atoms with Crippen molar-refractivity contribution < 1.29 is 9.59 Å². The first kappa shape index (κ1) is 15.3. The van der Waals surface area contributed by atoms with Gasteiger partial charge < -0.3 is 0 Å². The van der Waals surface area contributed by atoms with Crippen LogP contribution in [0.5, 0.6) is 0 Å². The molecule has 2 rings (SSSR count). The average Bonchev–Trinajstić information content (AvgIpc) is 2.92. The zero-order valence-electron chi connectivity index (χ0n) is 11.2. The lowest BCUT2D eigenvalue weighted by molar-refractivity contribution is -0.125. The number of hydrazine groups is 1. The Morgan fingerprint density at radius 2 is 1.90 bits per heavy atom. The Morgan fingerprint density at radius 1 is 1.14 bits per heavy atom. The van der Waals surface area contributed by atoms with E-state index in [1.807, 2.05) is 36.4 Å². The van der Waals surface area contributed by atoms with Gasteiger partial charge in [0.1, 0.15) is 0 Å². The summed E-state index contributed by atoms with van der Waals surface area (Å²) in [6.07, 6.45) is 3.04. The second-order valence-electron chi connectivity index (χ2n) is 4.19. The number of carbonyl (C=O) groups excluding carboxylic acids is 2. The smallest absolute Gasteiger partial charge is 0.262 e. The highest BCUT2D eigenvalue weighted by molar-refractivity contribution is 7.16. The third-order valence-electron chi connectivity index (χ3n) is 2.53. The molecule has 0 saturated heterocycles. The molecule has 6 heteroatoms. The monoisotopic (exact) mass is 320 g/mol. The van der Waals surface area contributed by atoms with Crippen molar-refractivity contribution in [3.05, 3.63) is 52.4 Å². The van der Waals surface area contributed by atoms with Crippen molar-refractivity contribution in [1.29, 1.82) is 0 Å². The van der Waals surface area contributed by atoms with Crippen molar-refractivity contribution in [2.45, 2.75) is 6.92 Å². The standard InChI is InChI=1S/C15H13ClN2O2S/c1-10(19)17-18-15(20)9-7-11-6-8-14(21-11)12-4-2-3-5-13(12)16/h2-9H,1H3,(H,17,19)(H,18,20). The Labute approximate surface area is 131 Å². The second kappa shape index (κ2) is 7.06. The number of nitrogens with one attached hydrogen (secondary N) is 2. The first-order chi connectivity index (χ1) is 10.1. The van der Waals surface area contributed by atoms with E-state index in [0.717, 1.165) is 15.3 Å². The van der Waals surface area contributed by atoms with Crippen LogP contribution in [0.3, 0.4) is 0 Å². The summed E-state index contributed by atoms with van der Waals surface area (Å²) >= 11 is 7.68.